The van der Waals surface area contributed by atoms with Crippen LogP contribution in [0.2, 0.25) is 0 Å². The predicted molar refractivity (Wildman–Crippen MR) is 68.9 cm³/mol. The third-order valence-corrected chi connectivity index (χ3v) is 2.60. The number of rotatable bonds is 6. The second-order valence-corrected chi connectivity index (χ2v) is 4.64. The first-order valence-electron chi connectivity index (χ1n) is 5.87. The maximum absolute atomic E-state index is 10.3. The summed E-state index contributed by atoms with van der Waals surface area (Å²) in [5.41, 5.74) is 2.55. The van der Waals surface area contributed by atoms with Crippen molar-refractivity contribution in [3.8, 4) is 0 Å². The molecule has 0 unspecified atom stereocenters. The highest BCUT2D eigenvalue weighted by atomic mass is 16.1. The number of hydrogen-bond acceptors (Lipinski definition) is 2. The van der Waals surface area contributed by atoms with Gasteiger partial charge < -0.3 is 9.69 Å². The van der Waals surface area contributed by atoms with E-state index in [1.165, 1.54) is 11.3 Å². The van der Waals surface area contributed by atoms with Crippen molar-refractivity contribution in [3.05, 3.63) is 29.8 Å². The van der Waals surface area contributed by atoms with E-state index in [-0.39, 0.29) is 0 Å². The summed E-state index contributed by atoms with van der Waals surface area (Å²) >= 11 is 0. The van der Waals surface area contributed by atoms with E-state index in [4.69, 9.17) is 0 Å². The quantitative estimate of drug-likeness (QED) is 0.686. The monoisotopic (exact) mass is 219 g/mol. The standard InChI is InChI=1S/C14H21NO/c1-12(2)11-13-5-7-14(8-6-13)15(3)9-4-10-16/h5-8,10,12H,4,9,11H2,1-3H3. The average Bonchev–Trinajstić information content (AvgIpc) is 2.26. The summed E-state index contributed by atoms with van der Waals surface area (Å²) in [6.07, 6.45) is 2.67. The first-order valence-corrected chi connectivity index (χ1v) is 5.87. The van der Waals surface area contributed by atoms with E-state index in [0.29, 0.717) is 12.3 Å². The van der Waals surface area contributed by atoms with Crippen molar-refractivity contribution < 1.29 is 4.79 Å². The van der Waals surface area contributed by atoms with Gasteiger partial charge in [0.25, 0.3) is 0 Å². The van der Waals surface area contributed by atoms with E-state index in [9.17, 15) is 4.79 Å². The first-order chi connectivity index (χ1) is 7.63. The normalized spacial score (nSPS) is 10.5. The van der Waals surface area contributed by atoms with Gasteiger partial charge in [-0.15, -0.1) is 0 Å². The van der Waals surface area contributed by atoms with Crippen molar-refractivity contribution in [2.45, 2.75) is 26.7 Å². The molecule has 1 aromatic carbocycles. The Morgan fingerprint density at radius 1 is 1.25 bits per heavy atom. The highest BCUT2D eigenvalue weighted by Gasteiger charge is 2.01. The molecular weight excluding hydrogens is 198 g/mol. The molecule has 0 N–H and O–H groups in total. The van der Waals surface area contributed by atoms with Gasteiger partial charge in [0, 0.05) is 25.7 Å². The van der Waals surface area contributed by atoms with Gasteiger partial charge in [-0.3, -0.25) is 0 Å². The Balaban J connectivity index is 2.59. The third kappa shape index (κ3) is 4.05. The van der Waals surface area contributed by atoms with Gasteiger partial charge in [0.15, 0.2) is 0 Å². The molecule has 0 fully saturated rings. The second-order valence-electron chi connectivity index (χ2n) is 4.64. The maximum atomic E-state index is 10.3. The highest BCUT2D eigenvalue weighted by Crippen LogP contribution is 2.16. The Morgan fingerprint density at radius 3 is 2.38 bits per heavy atom. The van der Waals surface area contributed by atoms with Crippen molar-refractivity contribution in [2.24, 2.45) is 5.92 Å². The zero-order valence-electron chi connectivity index (χ0n) is 10.4. The third-order valence-electron chi connectivity index (χ3n) is 2.60. The molecule has 0 bridgehead atoms. The Labute approximate surface area is 98.3 Å². The van der Waals surface area contributed by atoms with Crippen LogP contribution in [-0.4, -0.2) is 19.9 Å². The fourth-order valence-electron chi connectivity index (χ4n) is 1.73. The molecule has 1 aromatic rings. The minimum absolute atomic E-state index is 0.588. The molecule has 0 aliphatic heterocycles. The SMILES string of the molecule is CC(C)Cc1ccc(N(C)CCC=O)cc1. The molecule has 0 amide bonds. The summed E-state index contributed by atoms with van der Waals surface area (Å²) in [6, 6.07) is 8.60. The van der Waals surface area contributed by atoms with Crippen molar-refractivity contribution in [2.75, 3.05) is 18.5 Å². The van der Waals surface area contributed by atoms with Crippen LogP contribution in [0.5, 0.6) is 0 Å². The summed E-state index contributed by atoms with van der Waals surface area (Å²) in [5.74, 6) is 0.693. The lowest BCUT2D eigenvalue weighted by Gasteiger charge is -2.18. The fourth-order valence-corrected chi connectivity index (χ4v) is 1.73. The molecule has 0 heterocycles. The summed E-state index contributed by atoms with van der Waals surface area (Å²) in [6.45, 7) is 5.24. The lowest BCUT2D eigenvalue weighted by atomic mass is 10.0. The van der Waals surface area contributed by atoms with Gasteiger partial charge >= 0.3 is 0 Å². The van der Waals surface area contributed by atoms with Crippen LogP contribution in [0, 0.1) is 5.92 Å². The smallest absolute Gasteiger partial charge is 0.121 e. The lowest BCUT2D eigenvalue weighted by Crippen LogP contribution is -2.18. The van der Waals surface area contributed by atoms with Crippen LogP contribution in [-0.2, 0) is 11.2 Å². The zero-order valence-corrected chi connectivity index (χ0v) is 10.4. The van der Waals surface area contributed by atoms with E-state index in [0.717, 1.165) is 19.3 Å². The molecule has 2 heteroatoms. The molecule has 16 heavy (non-hydrogen) atoms. The van der Waals surface area contributed by atoms with Gasteiger partial charge in [0.1, 0.15) is 6.29 Å². The van der Waals surface area contributed by atoms with Crippen LogP contribution in [0.4, 0.5) is 5.69 Å². The fraction of sp³-hybridized carbons (Fsp3) is 0.500. The molecule has 1 rings (SSSR count). The van der Waals surface area contributed by atoms with Gasteiger partial charge in [-0.1, -0.05) is 26.0 Å². The molecular formula is C14H21NO. The molecule has 0 radical (unpaired) electrons. The van der Waals surface area contributed by atoms with Gasteiger partial charge in [-0.05, 0) is 30.0 Å². The minimum atomic E-state index is 0.588. The Bertz CT molecular complexity index is 316. The Morgan fingerprint density at radius 2 is 1.88 bits per heavy atom. The summed E-state index contributed by atoms with van der Waals surface area (Å²) in [7, 11) is 2.01. The molecule has 0 aliphatic carbocycles. The topological polar surface area (TPSA) is 20.3 Å². The van der Waals surface area contributed by atoms with Crippen molar-refractivity contribution in [1.82, 2.24) is 0 Å². The van der Waals surface area contributed by atoms with E-state index in [2.05, 4.69) is 43.0 Å². The summed E-state index contributed by atoms with van der Waals surface area (Å²) in [4.78, 5) is 12.4. The summed E-state index contributed by atoms with van der Waals surface area (Å²) in [5, 5.41) is 0. The Hall–Kier alpha value is -1.31. The number of carbonyl (C=O) groups is 1. The van der Waals surface area contributed by atoms with E-state index in [1.54, 1.807) is 0 Å². The molecule has 88 valence electrons. The summed E-state index contributed by atoms with van der Waals surface area (Å²) < 4.78 is 0. The van der Waals surface area contributed by atoms with E-state index < -0.39 is 0 Å². The van der Waals surface area contributed by atoms with Crippen LogP contribution < -0.4 is 4.90 Å². The molecule has 2 nitrogen and oxygen atoms in total. The van der Waals surface area contributed by atoms with E-state index in [1.807, 2.05) is 7.05 Å². The second kappa shape index (κ2) is 6.31. The Kier molecular flexibility index (Phi) is 5.03. The number of carbonyl (C=O) groups excluding carboxylic acids is 1. The van der Waals surface area contributed by atoms with Crippen LogP contribution in [0.25, 0.3) is 0 Å². The van der Waals surface area contributed by atoms with Gasteiger partial charge in [0.05, 0.1) is 0 Å². The molecule has 0 spiro atoms. The molecule has 0 atom stereocenters. The average molecular weight is 219 g/mol. The predicted octanol–water partition coefficient (Wildman–Crippen LogP) is 2.91. The number of aldehydes is 1. The van der Waals surface area contributed by atoms with Crippen LogP contribution >= 0.6 is 0 Å². The maximum Gasteiger partial charge on any atom is 0.121 e. The number of benzene rings is 1. The number of hydrogen-bond donors (Lipinski definition) is 0. The van der Waals surface area contributed by atoms with Crippen LogP contribution in [0.3, 0.4) is 0 Å². The van der Waals surface area contributed by atoms with Gasteiger partial charge in [0.2, 0.25) is 0 Å². The largest absolute Gasteiger partial charge is 0.374 e. The zero-order chi connectivity index (χ0) is 12.0. The number of nitrogens with zero attached hydrogens (tertiary/aromatic N) is 1. The highest BCUT2D eigenvalue weighted by molar-refractivity contribution is 5.53. The molecule has 0 aliphatic rings. The van der Waals surface area contributed by atoms with Crippen LogP contribution in [0.15, 0.2) is 24.3 Å². The van der Waals surface area contributed by atoms with Gasteiger partial charge in [-0.25, -0.2) is 0 Å². The molecule has 0 aromatic heterocycles. The van der Waals surface area contributed by atoms with Crippen molar-refractivity contribution in [1.29, 1.82) is 0 Å². The number of anilines is 1. The lowest BCUT2D eigenvalue weighted by molar-refractivity contribution is -0.107. The minimum Gasteiger partial charge on any atom is -0.374 e. The molecule has 0 saturated carbocycles. The van der Waals surface area contributed by atoms with Crippen molar-refractivity contribution in [3.63, 3.8) is 0 Å². The molecule has 0 saturated heterocycles. The van der Waals surface area contributed by atoms with Crippen molar-refractivity contribution >= 4 is 12.0 Å². The van der Waals surface area contributed by atoms with Gasteiger partial charge in [-0.2, -0.15) is 0 Å². The van der Waals surface area contributed by atoms with E-state index >= 15 is 0 Å². The van der Waals surface area contributed by atoms with Crippen LogP contribution in [0.1, 0.15) is 25.8 Å². The first kappa shape index (κ1) is 12.8.